The molecule has 3 N–H and O–H groups in total. The van der Waals surface area contributed by atoms with Gasteiger partial charge in [0.2, 0.25) is 0 Å². The first-order valence-corrected chi connectivity index (χ1v) is 6.11. The number of amides is 1. The fourth-order valence-electron chi connectivity index (χ4n) is 2.47. The summed E-state index contributed by atoms with van der Waals surface area (Å²) >= 11 is 0. The van der Waals surface area contributed by atoms with Crippen LogP contribution in [0, 0.1) is 5.41 Å². The van der Waals surface area contributed by atoms with Crippen molar-refractivity contribution < 1.29 is 4.79 Å². The minimum atomic E-state index is -0.106. The van der Waals surface area contributed by atoms with Gasteiger partial charge in [0.1, 0.15) is 5.69 Å². The summed E-state index contributed by atoms with van der Waals surface area (Å²) in [6, 6.07) is 0. The molecule has 0 bridgehead atoms. The van der Waals surface area contributed by atoms with Crippen LogP contribution < -0.4 is 11.1 Å². The van der Waals surface area contributed by atoms with Gasteiger partial charge < -0.3 is 15.6 Å². The quantitative estimate of drug-likeness (QED) is 0.807. The maximum Gasteiger partial charge on any atom is 0.271 e. The van der Waals surface area contributed by atoms with Crippen LogP contribution in [-0.4, -0.2) is 28.5 Å². The highest BCUT2D eigenvalue weighted by atomic mass is 16.1. The van der Waals surface area contributed by atoms with E-state index in [-0.39, 0.29) is 11.3 Å². The van der Waals surface area contributed by atoms with E-state index in [1.165, 1.54) is 12.8 Å². The van der Waals surface area contributed by atoms with Gasteiger partial charge in [0.15, 0.2) is 0 Å². The zero-order valence-corrected chi connectivity index (χ0v) is 10.3. The SMILES string of the molecule is Cn1cnc(C(=O)NCC2(CN)CCCC2)c1. The van der Waals surface area contributed by atoms with Crippen molar-refractivity contribution in [1.82, 2.24) is 14.9 Å². The Bertz CT molecular complexity index is 393. The minimum Gasteiger partial charge on any atom is -0.350 e. The standard InChI is InChI=1S/C12H20N4O/c1-16-6-10(15-9-16)11(17)14-8-12(7-13)4-2-3-5-12/h6,9H,2-5,7-8,13H2,1H3,(H,14,17). The van der Waals surface area contributed by atoms with E-state index >= 15 is 0 Å². The zero-order chi connectivity index (χ0) is 12.3. The van der Waals surface area contributed by atoms with Gasteiger partial charge in [0, 0.05) is 19.8 Å². The van der Waals surface area contributed by atoms with Crippen molar-refractivity contribution in [2.75, 3.05) is 13.1 Å². The first-order chi connectivity index (χ1) is 8.15. The lowest BCUT2D eigenvalue weighted by Gasteiger charge is -2.27. The normalized spacial score (nSPS) is 18.2. The summed E-state index contributed by atoms with van der Waals surface area (Å²) in [5.41, 5.74) is 6.41. The predicted molar refractivity (Wildman–Crippen MR) is 65.5 cm³/mol. The summed E-state index contributed by atoms with van der Waals surface area (Å²) in [6.45, 7) is 1.31. The monoisotopic (exact) mass is 236 g/mol. The van der Waals surface area contributed by atoms with Crippen LogP contribution in [0.1, 0.15) is 36.2 Å². The van der Waals surface area contributed by atoms with Crippen LogP contribution in [-0.2, 0) is 7.05 Å². The molecule has 1 aromatic rings. The first kappa shape index (κ1) is 12.1. The topological polar surface area (TPSA) is 72.9 Å². The highest BCUT2D eigenvalue weighted by Gasteiger charge is 2.32. The second kappa shape index (κ2) is 4.87. The van der Waals surface area contributed by atoms with Crippen LogP contribution in [0.4, 0.5) is 0 Å². The van der Waals surface area contributed by atoms with Crippen molar-refractivity contribution in [3.05, 3.63) is 18.2 Å². The molecule has 0 saturated heterocycles. The van der Waals surface area contributed by atoms with Crippen LogP contribution in [0.25, 0.3) is 0 Å². The van der Waals surface area contributed by atoms with Gasteiger partial charge in [-0.05, 0) is 24.8 Å². The number of nitrogens with two attached hydrogens (primary N) is 1. The molecule has 1 aromatic heterocycles. The van der Waals surface area contributed by atoms with Crippen LogP contribution in [0.2, 0.25) is 0 Å². The van der Waals surface area contributed by atoms with E-state index < -0.39 is 0 Å². The third kappa shape index (κ3) is 2.66. The number of carbonyl (C=O) groups is 1. The molecule has 1 saturated carbocycles. The number of rotatable bonds is 4. The molecule has 0 radical (unpaired) electrons. The Kier molecular flexibility index (Phi) is 3.47. The van der Waals surface area contributed by atoms with Gasteiger partial charge in [-0.25, -0.2) is 4.98 Å². The van der Waals surface area contributed by atoms with Gasteiger partial charge in [-0.3, -0.25) is 4.79 Å². The predicted octanol–water partition coefficient (Wildman–Crippen LogP) is 0.669. The Morgan fingerprint density at radius 1 is 1.59 bits per heavy atom. The number of hydrogen-bond donors (Lipinski definition) is 2. The lowest BCUT2D eigenvalue weighted by Crippen LogP contribution is -2.40. The molecular formula is C12H20N4O. The maximum atomic E-state index is 11.8. The minimum absolute atomic E-state index is 0.106. The fraction of sp³-hybridized carbons (Fsp3) is 0.667. The van der Waals surface area contributed by atoms with Crippen LogP contribution in [0.15, 0.2) is 12.5 Å². The van der Waals surface area contributed by atoms with Gasteiger partial charge >= 0.3 is 0 Å². The molecule has 2 rings (SSSR count). The molecule has 0 aromatic carbocycles. The molecular weight excluding hydrogens is 216 g/mol. The van der Waals surface area contributed by atoms with Crippen molar-refractivity contribution in [2.24, 2.45) is 18.2 Å². The highest BCUT2D eigenvalue weighted by molar-refractivity contribution is 5.92. The summed E-state index contributed by atoms with van der Waals surface area (Å²) in [5, 5.41) is 2.95. The molecule has 1 aliphatic rings. The van der Waals surface area contributed by atoms with Crippen molar-refractivity contribution in [3.63, 3.8) is 0 Å². The van der Waals surface area contributed by atoms with Crippen LogP contribution >= 0.6 is 0 Å². The molecule has 5 heteroatoms. The summed E-state index contributed by atoms with van der Waals surface area (Å²) in [5.74, 6) is -0.106. The number of imidazole rings is 1. The molecule has 17 heavy (non-hydrogen) atoms. The largest absolute Gasteiger partial charge is 0.350 e. The van der Waals surface area contributed by atoms with Crippen molar-refractivity contribution >= 4 is 5.91 Å². The average molecular weight is 236 g/mol. The van der Waals surface area contributed by atoms with Crippen molar-refractivity contribution in [1.29, 1.82) is 0 Å². The second-order valence-electron chi connectivity index (χ2n) is 5.02. The Morgan fingerprint density at radius 3 is 2.82 bits per heavy atom. The van der Waals surface area contributed by atoms with Gasteiger partial charge in [-0.2, -0.15) is 0 Å². The summed E-state index contributed by atoms with van der Waals surface area (Å²) in [6.07, 6.45) is 8.02. The average Bonchev–Trinajstić information content (AvgIpc) is 2.95. The Balaban J connectivity index is 1.91. The number of hydrogen-bond acceptors (Lipinski definition) is 3. The van der Waals surface area contributed by atoms with Gasteiger partial charge in [0.25, 0.3) is 5.91 Å². The van der Waals surface area contributed by atoms with E-state index in [2.05, 4.69) is 10.3 Å². The molecule has 1 heterocycles. The number of nitrogens with one attached hydrogen (secondary N) is 1. The molecule has 0 atom stereocenters. The van der Waals surface area contributed by atoms with E-state index in [0.29, 0.717) is 18.8 Å². The Morgan fingerprint density at radius 2 is 2.29 bits per heavy atom. The molecule has 0 unspecified atom stereocenters. The third-order valence-electron chi connectivity index (χ3n) is 3.66. The molecule has 1 aliphatic carbocycles. The smallest absolute Gasteiger partial charge is 0.271 e. The van der Waals surface area contributed by atoms with Gasteiger partial charge in [0.05, 0.1) is 6.33 Å². The zero-order valence-electron chi connectivity index (χ0n) is 10.3. The summed E-state index contributed by atoms with van der Waals surface area (Å²) in [4.78, 5) is 15.9. The van der Waals surface area contributed by atoms with Crippen LogP contribution in [0.3, 0.4) is 0 Å². The molecule has 1 fully saturated rings. The van der Waals surface area contributed by atoms with Crippen molar-refractivity contribution in [2.45, 2.75) is 25.7 Å². The summed E-state index contributed by atoms with van der Waals surface area (Å²) < 4.78 is 1.77. The second-order valence-corrected chi connectivity index (χ2v) is 5.02. The fourth-order valence-corrected chi connectivity index (χ4v) is 2.47. The van der Waals surface area contributed by atoms with E-state index in [1.807, 2.05) is 7.05 Å². The maximum absolute atomic E-state index is 11.8. The molecule has 0 spiro atoms. The van der Waals surface area contributed by atoms with Crippen molar-refractivity contribution in [3.8, 4) is 0 Å². The van der Waals surface area contributed by atoms with Gasteiger partial charge in [-0.1, -0.05) is 12.8 Å². The number of nitrogens with zero attached hydrogens (tertiary/aromatic N) is 2. The highest BCUT2D eigenvalue weighted by Crippen LogP contribution is 2.36. The lowest BCUT2D eigenvalue weighted by atomic mass is 9.86. The van der Waals surface area contributed by atoms with E-state index in [4.69, 9.17) is 5.73 Å². The molecule has 5 nitrogen and oxygen atoms in total. The lowest BCUT2D eigenvalue weighted by molar-refractivity contribution is 0.0927. The van der Waals surface area contributed by atoms with E-state index in [0.717, 1.165) is 12.8 Å². The van der Waals surface area contributed by atoms with E-state index in [1.54, 1.807) is 17.1 Å². The van der Waals surface area contributed by atoms with Crippen LogP contribution in [0.5, 0.6) is 0 Å². The number of aryl methyl sites for hydroxylation is 1. The number of aromatic nitrogens is 2. The third-order valence-corrected chi connectivity index (χ3v) is 3.66. The summed E-state index contributed by atoms with van der Waals surface area (Å²) in [7, 11) is 1.85. The molecule has 0 aliphatic heterocycles. The Labute approximate surface area is 101 Å². The molecule has 94 valence electrons. The first-order valence-electron chi connectivity index (χ1n) is 6.11. The molecule has 1 amide bonds. The Hall–Kier alpha value is -1.36. The van der Waals surface area contributed by atoms with E-state index in [9.17, 15) is 4.79 Å². The van der Waals surface area contributed by atoms with Gasteiger partial charge in [-0.15, -0.1) is 0 Å². The number of carbonyl (C=O) groups excluding carboxylic acids is 1.